The largest absolute Gasteiger partial charge is 0.470 e. The Morgan fingerprint density at radius 3 is 1.17 bits per heavy atom. The molecular weight excluding hydrogens is 604 g/mol. The van der Waals surface area contributed by atoms with Gasteiger partial charge in [0.25, 0.3) is 0 Å². The van der Waals surface area contributed by atoms with Gasteiger partial charge in [0.05, 0.1) is 37.4 Å². The van der Waals surface area contributed by atoms with E-state index in [1.165, 1.54) is 31.6 Å². The van der Waals surface area contributed by atoms with E-state index in [9.17, 15) is 9.59 Å². The molecule has 0 aromatic carbocycles. The van der Waals surface area contributed by atoms with Crippen LogP contribution in [-0.2, 0) is 11.3 Å². The first-order chi connectivity index (χ1) is 19.0. The van der Waals surface area contributed by atoms with Crippen molar-refractivity contribution in [2.24, 2.45) is 0 Å². The molecule has 5 aromatic heterocycles. The molecule has 1 atom stereocenters. The summed E-state index contributed by atoms with van der Waals surface area (Å²) in [5.74, 6) is 3.30. The molecule has 3 N–H and O–H groups in total. The van der Waals surface area contributed by atoms with Crippen LogP contribution in [0.2, 0.25) is 0 Å². The predicted molar refractivity (Wildman–Crippen MR) is 210 cm³/mol. The Morgan fingerprint density at radius 1 is 0.660 bits per heavy atom. The number of hydrogen-bond acceptors (Lipinski definition) is 9. The summed E-state index contributed by atoms with van der Waals surface area (Å²) in [6, 6.07) is 17.6. The second-order valence-electron chi connectivity index (χ2n) is 7.78. The molecule has 1 saturated heterocycles. The zero-order valence-corrected chi connectivity index (χ0v) is 22.9. The lowest BCUT2D eigenvalue weighted by Crippen LogP contribution is -1.94. The maximum atomic E-state index is 9.77. The van der Waals surface area contributed by atoms with Crippen molar-refractivity contribution in [3.05, 3.63) is 121 Å². The normalized spacial score (nSPS) is 10.6. The summed E-state index contributed by atoms with van der Waals surface area (Å²) in [5, 5.41) is 8.33. The fraction of sp³-hybridized carbons (Fsp3) is 0.405. The molecule has 6 heterocycles. The zero-order valence-electron chi connectivity index (χ0n) is 22.9. The van der Waals surface area contributed by atoms with Gasteiger partial charge in [-0.15, -0.1) is 0 Å². The van der Waals surface area contributed by atoms with Gasteiger partial charge in [0, 0.05) is 16.6 Å². The van der Waals surface area contributed by atoms with E-state index in [2.05, 4.69) is 15.8 Å². The van der Waals surface area contributed by atoms with Crippen LogP contribution in [0.4, 0.5) is 0 Å². The van der Waals surface area contributed by atoms with Crippen molar-refractivity contribution < 1.29 is 57.0 Å². The average molecular weight is 685 g/mol. The first-order valence-electron chi connectivity index (χ1n) is 12.2. The van der Waals surface area contributed by atoms with Crippen LogP contribution in [0.15, 0.2) is 114 Å². The molecule has 0 radical (unpaired) electrons. The van der Waals surface area contributed by atoms with Gasteiger partial charge in [-0.2, -0.15) is 0 Å². The van der Waals surface area contributed by atoms with E-state index < -0.39 is 0 Å². The van der Waals surface area contributed by atoms with Gasteiger partial charge in [-0.3, -0.25) is 9.59 Å². The van der Waals surface area contributed by atoms with Crippen LogP contribution in [0, 0.1) is 13.8 Å². The van der Waals surface area contributed by atoms with Crippen molar-refractivity contribution in [2.45, 2.75) is 98.3 Å². The van der Waals surface area contributed by atoms with Gasteiger partial charge in [-0.25, -0.2) is 0 Å². The SMILES string of the molecule is C.C.C.C.C.C.C.CC1CCCO1.Cc1ccco1.Cc1ccco1.O.O=Cc1ccco1.O=Cc1ccco1.OCc1ccco1.[HH].[HH].[HH].[HH].[HH].[HH].[HH]. The number of carbonyl (C=O) groups excluding carboxylic acids is 2. The average Bonchev–Trinajstić information content (AvgIpc) is 3.80. The van der Waals surface area contributed by atoms with E-state index in [1.807, 2.05) is 38.1 Å². The van der Waals surface area contributed by atoms with E-state index in [4.69, 9.17) is 23.1 Å². The molecule has 5 aromatic rings. The summed E-state index contributed by atoms with van der Waals surface area (Å²) in [4.78, 5) is 19.5. The number of aldehydes is 2. The van der Waals surface area contributed by atoms with E-state index in [0.29, 0.717) is 36.0 Å². The number of ether oxygens (including phenoxy) is 1. The minimum atomic E-state index is -0.00694. The molecule has 10 nitrogen and oxygen atoms in total. The molecule has 0 bridgehead atoms. The molecule has 0 amide bonds. The lowest BCUT2D eigenvalue weighted by Gasteiger charge is -1.94. The highest BCUT2D eigenvalue weighted by Gasteiger charge is 2.07. The van der Waals surface area contributed by atoms with Gasteiger partial charge in [0.1, 0.15) is 23.9 Å². The van der Waals surface area contributed by atoms with Gasteiger partial charge in [0.15, 0.2) is 24.1 Å². The van der Waals surface area contributed by atoms with Crippen molar-refractivity contribution in [3.63, 3.8) is 0 Å². The van der Waals surface area contributed by atoms with Crippen molar-refractivity contribution >= 4 is 12.6 Å². The lowest BCUT2D eigenvalue weighted by molar-refractivity contribution is 0.109. The third kappa shape index (κ3) is 34.3. The molecule has 47 heavy (non-hydrogen) atoms. The van der Waals surface area contributed by atoms with Crippen LogP contribution < -0.4 is 0 Å². The van der Waals surface area contributed by atoms with Crippen molar-refractivity contribution in [2.75, 3.05) is 6.61 Å². The first-order valence-corrected chi connectivity index (χ1v) is 12.2. The minimum Gasteiger partial charge on any atom is -0.470 e. The predicted octanol–water partition coefficient (Wildman–Crippen LogP) is 12.7. The minimum absolute atomic E-state index is 0. The fourth-order valence-corrected chi connectivity index (χ4v) is 2.58. The lowest BCUT2D eigenvalue weighted by atomic mass is 10.3. The summed E-state index contributed by atoms with van der Waals surface area (Å²) in [6.07, 6.45) is 12.2. The van der Waals surface area contributed by atoms with Crippen LogP contribution >= 0.6 is 0 Å². The van der Waals surface area contributed by atoms with Gasteiger partial charge in [-0.05, 0) is 94.3 Å². The number of aryl methyl sites for hydroxylation is 2. The summed E-state index contributed by atoms with van der Waals surface area (Å²) in [7, 11) is 0. The molecule has 0 aliphatic carbocycles. The van der Waals surface area contributed by atoms with Gasteiger partial charge < -0.3 is 37.4 Å². The highest BCUT2D eigenvalue weighted by molar-refractivity contribution is 5.70. The second-order valence-corrected chi connectivity index (χ2v) is 7.78. The smallest absolute Gasteiger partial charge is 0.185 e. The molecule has 10 heteroatoms. The maximum absolute atomic E-state index is 9.77. The van der Waals surface area contributed by atoms with Crippen molar-refractivity contribution in [1.82, 2.24) is 0 Å². The number of hydrogen-bond donors (Lipinski definition) is 1. The Bertz CT molecular complexity index is 1100. The van der Waals surface area contributed by atoms with E-state index in [-0.39, 0.29) is 74.1 Å². The number of aliphatic hydroxyl groups excluding tert-OH is 1. The quantitative estimate of drug-likeness (QED) is 0.182. The molecular formula is C37H80O10. The Labute approximate surface area is 295 Å². The second kappa shape index (κ2) is 41.6. The molecule has 6 rings (SSSR count). The van der Waals surface area contributed by atoms with Crippen LogP contribution in [0.1, 0.15) is 120 Å². The Balaban J connectivity index is -0.0000000247. The Hall–Kier alpha value is -4.38. The number of aliphatic hydroxyl groups is 1. The van der Waals surface area contributed by atoms with Crippen LogP contribution in [-0.4, -0.2) is 35.9 Å². The van der Waals surface area contributed by atoms with E-state index >= 15 is 0 Å². The van der Waals surface area contributed by atoms with E-state index in [1.54, 1.807) is 48.9 Å². The van der Waals surface area contributed by atoms with Crippen molar-refractivity contribution in [3.8, 4) is 0 Å². The monoisotopic (exact) mass is 685 g/mol. The van der Waals surface area contributed by atoms with Crippen molar-refractivity contribution in [1.29, 1.82) is 0 Å². The molecule has 1 aliphatic heterocycles. The standard InChI is InChI=1S/C5H6O2.2C5H4O2.C5H10O.2C5H6O.7CH4.H2O.7H2/c3*6-4-5-2-1-3-7-5;3*1-5-3-2-4-6-5;;;;;;;;;;;;;;;/h1-3,6H,4H2;2*1-4H;5H,2-4H2,1H3;2*2-4H,1H3;7*1H4;1H2;7*1H. The van der Waals surface area contributed by atoms with E-state index in [0.717, 1.165) is 18.1 Å². The van der Waals surface area contributed by atoms with Crippen LogP contribution in [0.5, 0.6) is 0 Å². The molecule has 288 valence electrons. The number of furan rings is 5. The molecule has 0 saturated carbocycles. The zero-order chi connectivity index (χ0) is 28.6. The molecule has 0 spiro atoms. The highest BCUT2D eigenvalue weighted by Crippen LogP contribution is 2.09. The molecule has 1 aliphatic rings. The summed E-state index contributed by atoms with van der Waals surface area (Å²) in [5.41, 5.74) is 0. The summed E-state index contributed by atoms with van der Waals surface area (Å²) in [6.45, 7) is 6.93. The van der Waals surface area contributed by atoms with Crippen LogP contribution in [0.3, 0.4) is 0 Å². The van der Waals surface area contributed by atoms with Gasteiger partial charge in [-0.1, -0.05) is 52.0 Å². The third-order valence-electron chi connectivity index (χ3n) is 4.54. The van der Waals surface area contributed by atoms with Gasteiger partial charge in [0.2, 0.25) is 0 Å². The molecule has 1 unspecified atom stereocenters. The Kier molecular flexibility index (Phi) is 54.5. The summed E-state index contributed by atoms with van der Waals surface area (Å²) < 4.78 is 28.8. The first kappa shape index (κ1) is 61.6. The third-order valence-corrected chi connectivity index (χ3v) is 4.54. The Morgan fingerprint density at radius 2 is 1.04 bits per heavy atom. The van der Waals surface area contributed by atoms with Crippen LogP contribution in [0.25, 0.3) is 0 Å². The fourth-order valence-electron chi connectivity index (χ4n) is 2.58. The molecule has 1 fully saturated rings. The topological polar surface area (TPSA) is 161 Å². The highest BCUT2D eigenvalue weighted by atomic mass is 16.5. The number of carbonyl (C=O) groups is 2. The number of rotatable bonds is 3. The maximum Gasteiger partial charge on any atom is 0.185 e. The summed E-state index contributed by atoms with van der Waals surface area (Å²) >= 11 is 0. The van der Waals surface area contributed by atoms with Gasteiger partial charge >= 0.3 is 0 Å².